The molecule has 0 fully saturated rings. The average molecular weight is 671 g/mol. The van der Waals surface area contributed by atoms with Crippen molar-refractivity contribution >= 4 is 11.7 Å². The molecule has 0 radical (unpaired) electrons. The molecule has 0 aliphatic heterocycles. The Bertz CT molecular complexity index is 1800. The summed E-state index contributed by atoms with van der Waals surface area (Å²) in [5.74, 6) is -7.33. The molecule has 1 aliphatic carbocycles. The number of fused-ring (bicyclic) bond motifs is 1. The molecule has 5 rings (SSSR count). The lowest BCUT2D eigenvalue weighted by molar-refractivity contribution is -0.137. The molecule has 0 saturated carbocycles. The summed E-state index contributed by atoms with van der Waals surface area (Å²) in [5.41, 5.74) is 0.854. The molecule has 16 heteroatoms. The number of pyridine rings is 2. The maximum absolute atomic E-state index is 15.2. The van der Waals surface area contributed by atoms with Crippen LogP contribution in [0.25, 0.3) is 11.1 Å². The van der Waals surface area contributed by atoms with Crippen molar-refractivity contribution in [2.75, 3.05) is 5.73 Å². The first-order valence-corrected chi connectivity index (χ1v) is 14.2. The van der Waals surface area contributed by atoms with Crippen LogP contribution in [0.1, 0.15) is 72.9 Å². The Morgan fingerprint density at radius 1 is 1.04 bits per heavy atom. The van der Waals surface area contributed by atoms with E-state index in [1.807, 2.05) is 0 Å². The fraction of sp³-hybridized carbons (Fsp3) is 0.355. The molecule has 0 saturated heterocycles. The van der Waals surface area contributed by atoms with Crippen LogP contribution < -0.4 is 11.1 Å². The van der Waals surface area contributed by atoms with Gasteiger partial charge in [-0.05, 0) is 48.1 Å². The highest BCUT2D eigenvalue weighted by atomic mass is 19.4. The van der Waals surface area contributed by atoms with Crippen molar-refractivity contribution in [2.24, 2.45) is 0 Å². The van der Waals surface area contributed by atoms with Gasteiger partial charge in [0.05, 0.1) is 17.3 Å². The molecule has 1 amide bonds. The summed E-state index contributed by atoms with van der Waals surface area (Å²) >= 11 is 0. The summed E-state index contributed by atoms with van der Waals surface area (Å²) in [7, 11) is 0. The van der Waals surface area contributed by atoms with Crippen LogP contribution in [0.5, 0.6) is 0 Å². The number of hydrogen-bond acceptors (Lipinski definition) is 5. The zero-order valence-corrected chi connectivity index (χ0v) is 24.8. The van der Waals surface area contributed by atoms with Crippen molar-refractivity contribution in [1.29, 1.82) is 0 Å². The second-order valence-corrected chi connectivity index (χ2v) is 11.8. The van der Waals surface area contributed by atoms with Gasteiger partial charge in [0, 0.05) is 41.6 Å². The maximum Gasteiger partial charge on any atom is 0.419 e. The van der Waals surface area contributed by atoms with Crippen LogP contribution >= 0.6 is 0 Å². The number of alkyl halides is 7. The van der Waals surface area contributed by atoms with Crippen LogP contribution in [0.2, 0.25) is 0 Å². The number of hydrogen-bond donors (Lipinski definition) is 2. The molecule has 3 heterocycles. The fourth-order valence-corrected chi connectivity index (χ4v) is 5.84. The summed E-state index contributed by atoms with van der Waals surface area (Å²) in [6.07, 6.45) is -6.97. The average Bonchev–Trinajstić information content (AvgIpc) is 3.36. The highest BCUT2D eigenvalue weighted by Gasteiger charge is 2.50. The molecule has 3 N–H and O–H groups in total. The minimum absolute atomic E-state index is 0.000512. The molecule has 7 nitrogen and oxygen atoms in total. The third-order valence-electron chi connectivity index (χ3n) is 7.97. The van der Waals surface area contributed by atoms with Crippen LogP contribution in [-0.2, 0) is 35.3 Å². The summed E-state index contributed by atoms with van der Waals surface area (Å²) in [6.45, 7) is 2.08. The van der Waals surface area contributed by atoms with Gasteiger partial charge in [0.2, 0.25) is 5.91 Å². The number of anilines is 1. The number of nitrogens with one attached hydrogen (secondary N) is 1. The van der Waals surface area contributed by atoms with Crippen molar-refractivity contribution in [1.82, 2.24) is 25.1 Å². The van der Waals surface area contributed by atoms with Crippen LogP contribution in [0.3, 0.4) is 0 Å². The predicted octanol–water partition coefficient (Wildman–Crippen LogP) is 7.42. The molecule has 1 aliphatic rings. The van der Waals surface area contributed by atoms with Gasteiger partial charge in [-0.3, -0.25) is 14.5 Å². The second-order valence-electron chi connectivity index (χ2n) is 11.8. The van der Waals surface area contributed by atoms with Gasteiger partial charge in [-0.2, -0.15) is 27.1 Å². The standard InChI is InChI=1S/C31H27F9N6O/c1-29(2)5-6-30(36,37)26-23(29)25(27(34)35)45-46(26)14-22(47)44-21(10-15-8-17(32)12-18(33)9-15)24-19(4-3-7-42-24)16-11-20(31(38,39)40)28(41)43-13-16/h3-4,7-9,11-13,21,27H,5-6,10,14H2,1-2H3,(H2,41,43)(H,44,47)/t21-/m0/s1. The molecule has 47 heavy (non-hydrogen) atoms. The van der Waals surface area contributed by atoms with E-state index in [0.29, 0.717) is 10.7 Å². The SMILES string of the molecule is CC1(C)CCC(F)(F)c2c1c(C(F)F)nn2CC(=O)N[C@@H](Cc1cc(F)cc(F)c1)c1ncccc1-c1cnc(N)c(C(F)(F)F)c1. The Labute approximate surface area is 262 Å². The fourth-order valence-electron chi connectivity index (χ4n) is 5.84. The van der Waals surface area contributed by atoms with Crippen molar-refractivity contribution in [3.63, 3.8) is 0 Å². The summed E-state index contributed by atoms with van der Waals surface area (Å²) < 4.78 is 128. The zero-order valence-electron chi connectivity index (χ0n) is 24.8. The normalized spacial score (nSPS) is 16.2. The van der Waals surface area contributed by atoms with E-state index >= 15 is 8.78 Å². The quantitative estimate of drug-likeness (QED) is 0.190. The highest BCUT2D eigenvalue weighted by molar-refractivity contribution is 5.77. The number of carbonyl (C=O) groups is 1. The monoisotopic (exact) mass is 670 g/mol. The first-order valence-electron chi connectivity index (χ1n) is 14.2. The number of halogens is 9. The summed E-state index contributed by atoms with van der Waals surface area (Å²) in [6, 6.07) is 4.65. The predicted molar refractivity (Wildman–Crippen MR) is 151 cm³/mol. The summed E-state index contributed by atoms with van der Waals surface area (Å²) in [4.78, 5) is 21.3. The topological polar surface area (TPSA) is 98.7 Å². The minimum atomic E-state index is -4.88. The maximum atomic E-state index is 15.2. The Morgan fingerprint density at radius 3 is 2.36 bits per heavy atom. The Kier molecular flexibility index (Phi) is 8.75. The van der Waals surface area contributed by atoms with E-state index in [1.54, 1.807) is 0 Å². The largest absolute Gasteiger partial charge is 0.419 e. The number of rotatable bonds is 8. The molecule has 4 aromatic rings. The van der Waals surface area contributed by atoms with E-state index in [2.05, 4.69) is 20.4 Å². The van der Waals surface area contributed by atoms with Crippen molar-refractivity contribution < 1.29 is 44.3 Å². The lowest BCUT2D eigenvalue weighted by atomic mass is 9.73. The lowest BCUT2D eigenvalue weighted by Gasteiger charge is -2.35. The number of nitrogen functional groups attached to an aromatic ring is 1. The smallest absolute Gasteiger partial charge is 0.383 e. The van der Waals surface area contributed by atoms with E-state index in [9.17, 15) is 35.5 Å². The first-order chi connectivity index (χ1) is 21.9. The van der Waals surface area contributed by atoms with Crippen LogP contribution in [-0.4, -0.2) is 25.7 Å². The molecular formula is C31H27F9N6O. The first kappa shape index (κ1) is 33.7. The summed E-state index contributed by atoms with van der Waals surface area (Å²) in [5, 5.41) is 6.22. The number of carbonyl (C=O) groups excluding carboxylic acids is 1. The molecule has 0 unspecified atom stereocenters. The van der Waals surface area contributed by atoms with Gasteiger partial charge in [0.25, 0.3) is 12.3 Å². The van der Waals surface area contributed by atoms with Crippen LogP contribution in [0.4, 0.5) is 45.3 Å². The van der Waals surface area contributed by atoms with Gasteiger partial charge >= 0.3 is 6.18 Å². The number of amides is 1. The molecule has 3 aromatic heterocycles. The van der Waals surface area contributed by atoms with E-state index in [-0.39, 0.29) is 40.8 Å². The minimum Gasteiger partial charge on any atom is -0.383 e. The highest BCUT2D eigenvalue weighted by Crippen LogP contribution is 2.50. The number of aromatic nitrogens is 4. The van der Waals surface area contributed by atoms with Crippen molar-refractivity contribution in [3.8, 4) is 11.1 Å². The van der Waals surface area contributed by atoms with Crippen molar-refractivity contribution in [2.45, 2.75) is 69.6 Å². The van der Waals surface area contributed by atoms with Gasteiger partial charge in [0.15, 0.2) is 0 Å². The van der Waals surface area contributed by atoms with E-state index < -0.39 is 83.3 Å². The van der Waals surface area contributed by atoms with Crippen LogP contribution in [0.15, 0.2) is 48.8 Å². The van der Waals surface area contributed by atoms with Gasteiger partial charge in [0.1, 0.15) is 35.4 Å². The van der Waals surface area contributed by atoms with Gasteiger partial charge in [-0.1, -0.05) is 19.9 Å². The third-order valence-corrected chi connectivity index (χ3v) is 7.97. The Morgan fingerprint density at radius 2 is 1.72 bits per heavy atom. The number of nitrogens with zero attached hydrogens (tertiary/aromatic N) is 4. The van der Waals surface area contributed by atoms with Crippen molar-refractivity contribution in [3.05, 3.63) is 94.2 Å². The third kappa shape index (κ3) is 6.90. The molecule has 1 aromatic carbocycles. The molecule has 0 spiro atoms. The van der Waals surface area contributed by atoms with E-state index in [0.717, 1.165) is 24.4 Å². The van der Waals surface area contributed by atoms with E-state index in [1.165, 1.54) is 32.2 Å². The Balaban J connectivity index is 1.57. The molecular weight excluding hydrogens is 643 g/mol. The number of benzene rings is 1. The van der Waals surface area contributed by atoms with E-state index in [4.69, 9.17) is 5.73 Å². The zero-order chi connectivity index (χ0) is 34.5. The van der Waals surface area contributed by atoms with Crippen LogP contribution in [0, 0.1) is 11.6 Å². The second kappa shape index (κ2) is 12.2. The van der Waals surface area contributed by atoms with Gasteiger partial charge in [-0.15, -0.1) is 0 Å². The van der Waals surface area contributed by atoms with Gasteiger partial charge < -0.3 is 11.1 Å². The molecule has 0 bridgehead atoms. The molecule has 1 atom stereocenters. The Hall–Kier alpha value is -4.63. The lowest BCUT2D eigenvalue weighted by Crippen LogP contribution is -2.37. The molecule has 250 valence electrons. The van der Waals surface area contributed by atoms with Gasteiger partial charge in [-0.25, -0.2) is 22.5 Å². The number of nitrogens with two attached hydrogens (primary N) is 1.